The van der Waals surface area contributed by atoms with Gasteiger partial charge in [-0.1, -0.05) is 11.3 Å². The van der Waals surface area contributed by atoms with Crippen LogP contribution < -0.4 is 10.4 Å². The van der Waals surface area contributed by atoms with Crippen molar-refractivity contribution in [3.8, 4) is 17.0 Å². The number of likely N-dealkylation sites (tertiary alicyclic amines) is 1. The van der Waals surface area contributed by atoms with Gasteiger partial charge in [0.05, 0.1) is 51.5 Å². The van der Waals surface area contributed by atoms with Gasteiger partial charge >= 0.3 is 0 Å². The highest BCUT2D eigenvalue weighted by atomic mass is 19.3. The summed E-state index contributed by atoms with van der Waals surface area (Å²) in [6, 6.07) is 2.99. The maximum Gasteiger partial charge on any atom is 0.282 e. The molecule has 5 heterocycles. The van der Waals surface area contributed by atoms with Crippen LogP contribution >= 0.6 is 0 Å². The molecule has 1 atom stereocenters. The number of nitrogens with one attached hydrogen (secondary N) is 1. The summed E-state index contributed by atoms with van der Waals surface area (Å²) in [6.45, 7) is 0.0760. The fourth-order valence-corrected chi connectivity index (χ4v) is 4.84. The van der Waals surface area contributed by atoms with E-state index in [9.17, 15) is 17.6 Å². The van der Waals surface area contributed by atoms with Gasteiger partial charge in [0.2, 0.25) is 11.5 Å². The average Bonchev–Trinajstić information content (AvgIpc) is 3.36. The van der Waals surface area contributed by atoms with Gasteiger partial charge in [0.15, 0.2) is 5.82 Å². The van der Waals surface area contributed by atoms with Gasteiger partial charge < -0.3 is 9.47 Å². The molecule has 10 nitrogen and oxygen atoms in total. The van der Waals surface area contributed by atoms with Gasteiger partial charge in [-0.05, 0) is 24.1 Å². The summed E-state index contributed by atoms with van der Waals surface area (Å²) < 4.78 is 92.2. The maximum absolute atomic E-state index is 15.5. The number of ether oxygens (including phenoxy) is 2. The van der Waals surface area contributed by atoms with Crippen molar-refractivity contribution in [2.75, 3.05) is 33.4 Å². The van der Waals surface area contributed by atoms with E-state index in [0.29, 0.717) is 25.3 Å². The van der Waals surface area contributed by atoms with E-state index in [1.165, 1.54) is 25.3 Å². The molecule has 2 fully saturated rings. The number of benzene rings is 1. The highest BCUT2D eigenvalue weighted by molar-refractivity contribution is 5.89. The molecule has 1 aromatic carbocycles. The Morgan fingerprint density at radius 2 is 2.16 bits per heavy atom. The summed E-state index contributed by atoms with van der Waals surface area (Å²) in [5, 5.41) is 10.2. The molecule has 6 rings (SSSR count). The standard InChI is InChI=1S/C23H23F5N8O2/c1-37-21-20-19(12-2-3-15-16(6-12)35(33-31-15)8-18(25)26)14(24)7-36(20)32-22(30-21)29-17-4-5-34(11-23(17,27)28)13-9-38-10-13/h2-3,6-7,13,17-18H,4-5,8-11H2,1H3,(H,29,32)/i7D. The number of nitrogens with zero attached hydrogens (tertiary/aromatic N) is 7. The quantitative estimate of drug-likeness (QED) is 0.379. The van der Waals surface area contributed by atoms with E-state index in [2.05, 4.69) is 25.4 Å². The Labute approximate surface area is 213 Å². The van der Waals surface area contributed by atoms with Crippen molar-refractivity contribution >= 4 is 16.6 Å². The van der Waals surface area contributed by atoms with Crippen molar-refractivity contribution in [2.45, 2.75) is 37.4 Å². The number of methoxy groups -OCH3 is 1. The number of fused-ring (bicyclic) bond motifs is 2. The van der Waals surface area contributed by atoms with Crippen molar-refractivity contribution in [3.05, 3.63) is 35.8 Å². The smallest absolute Gasteiger partial charge is 0.282 e. The molecule has 1 unspecified atom stereocenters. The fourth-order valence-electron chi connectivity index (χ4n) is 4.84. The van der Waals surface area contributed by atoms with Gasteiger partial charge in [-0.3, -0.25) is 14.5 Å². The molecule has 4 aromatic rings. The van der Waals surface area contributed by atoms with Crippen LogP contribution in [0.25, 0.3) is 27.7 Å². The molecule has 0 spiro atoms. The molecular formula is C23H23F5N8O2. The molecule has 1 N–H and O–H groups in total. The van der Waals surface area contributed by atoms with Crippen LogP contribution in [0, 0.1) is 5.82 Å². The zero-order valence-electron chi connectivity index (χ0n) is 21.0. The van der Waals surface area contributed by atoms with Crippen LogP contribution in [0.5, 0.6) is 5.88 Å². The summed E-state index contributed by atoms with van der Waals surface area (Å²) in [4.78, 5) is 10.0. The van der Waals surface area contributed by atoms with Gasteiger partial charge in [0.1, 0.15) is 23.6 Å². The third-order valence-electron chi connectivity index (χ3n) is 6.82. The maximum atomic E-state index is 15.5. The molecule has 0 radical (unpaired) electrons. The normalized spacial score (nSPS) is 21.4. The lowest BCUT2D eigenvalue weighted by Gasteiger charge is -2.43. The van der Waals surface area contributed by atoms with Crippen molar-refractivity contribution in [1.82, 2.24) is 34.5 Å². The van der Waals surface area contributed by atoms with Crippen molar-refractivity contribution < 1.29 is 32.8 Å². The van der Waals surface area contributed by atoms with E-state index in [4.69, 9.17) is 10.8 Å². The second kappa shape index (κ2) is 9.31. The predicted octanol–water partition coefficient (Wildman–Crippen LogP) is 2.50. The number of piperidine rings is 1. The topological polar surface area (TPSA) is 97.9 Å². The van der Waals surface area contributed by atoms with E-state index < -0.39 is 43.5 Å². The molecule has 0 aliphatic carbocycles. The lowest BCUT2D eigenvalue weighted by molar-refractivity contribution is -0.134. The third kappa shape index (κ3) is 4.28. The minimum atomic E-state index is -3.15. The third-order valence-corrected chi connectivity index (χ3v) is 6.82. The molecule has 38 heavy (non-hydrogen) atoms. The minimum absolute atomic E-state index is 0.0118. The number of halogens is 5. The number of hydrogen-bond donors (Lipinski definition) is 1. The van der Waals surface area contributed by atoms with Gasteiger partial charge in [-0.25, -0.2) is 31.6 Å². The number of alkyl halides is 4. The monoisotopic (exact) mass is 539 g/mol. The van der Waals surface area contributed by atoms with Crippen LogP contribution in [0.1, 0.15) is 7.79 Å². The molecule has 0 saturated carbocycles. The summed E-state index contributed by atoms with van der Waals surface area (Å²) in [6.07, 6.45) is -3.24. The summed E-state index contributed by atoms with van der Waals surface area (Å²) >= 11 is 0. The van der Waals surface area contributed by atoms with Crippen LogP contribution in [-0.4, -0.2) is 92.3 Å². The van der Waals surface area contributed by atoms with Crippen LogP contribution in [0.2, 0.25) is 0 Å². The summed E-state index contributed by atoms with van der Waals surface area (Å²) in [5.74, 6) is -4.27. The van der Waals surface area contributed by atoms with Crippen LogP contribution in [0.3, 0.4) is 0 Å². The van der Waals surface area contributed by atoms with Crippen molar-refractivity contribution in [2.24, 2.45) is 4.99 Å². The number of hydrogen-bond acceptors (Lipinski definition) is 7. The number of aromatic nitrogens is 6. The first-order valence-electron chi connectivity index (χ1n) is 12.4. The predicted molar refractivity (Wildman–Crippen MR) is 124 cm³/mol. The molecule has 0 bridgehead atoms. The van der Waals surface area contributed by atoms with E-state index >= 15 is 4.39 Å². The fraction of sp³-hybridized carbons (Fsp3) is 0.478. The number of rotatable bonds is 6. The second-order valence-corrected chi connectivity index (χ2v) is 9.26. The van der Waals surface area contributed by atoms with E-state index in [1.807, 2.05) is 0 Å². The zero-order valence-corrected chi connectivity index (χ0v) is 20.0. The largest absolute Gasteiger partial charge is 0.479 e. The van der Waals surface area contributed by atoms with E-state index in [-0.39, 0.29) is 46.1 Å². The minimum Gasteiger partial charge on any atom is -0.479 e. The van der Waals surface area contributed by atoms with Gasteiger partial charge in [-0.2, -0.15) is 4.98 Å². The molecule has 2 aliphatic heterocycles. The lowest BCUT2D eigenvalue weighted by Crippen LogP contribution is -2.59. The molecule has 0 amide bonds. The summed E-state index contributed by atoms with van der Waals surface area (Å²) in [5.41, 5.74) is 0.449. The van der Waals surface area contributed by atoms with E-state index in [0.717, 1.165) is 9.20 Å². The Kier molecular flexibility index (Phi) is 5.76. The van der Waals surface area contributed by atoms with Crippen molar-refractivity contribution in [1.29, 1.82) is 0 Å². The highest BCUT2D eigenvalue weighted by Gasteiger charge is 2.47. The Morgan fingerprint density at radius 1 is 1.34 bits per heavy atom. The molecule has 2 saturated heterocycles. The molecule has 2 aliphatic rings. The second-order valence-electron chi connectivity index (χ2n) is 9.26. The summed E-state index contributed by atoms with van der Waals surface area (Å²) in [7, 11) is 1.27. The van der Waals surface area contributed by atoms with Gasteiger partial charge in [0.25, 0.3) is 12.3 Å². The van der Waals surface area contributed by atoms with E-state index in [1.54, 1.807) is 4.90 Å². The first-order valence-corrected chi connectivity index (χ1v) is 11.9. The molecule has 15 heteroatoms. The van der Waals surface area contributed by atoms with Gasteiger partial charge in [-0.15, -0.1) is 5.10 Å². The lowest BCUT2D eigenvalue weighted by atomic mass is 9.99. The number of aromatic amines is 1. The van der Waals surface area contributed by atoms with Crippen LogP contribution in [0.15, 0.2) is 29.4 Å². The Bertz CT molecular complexity index is 1620. The molecule has 3 aromatic heterocycles. The van der Waals surface area contributed by atoms with Crippen LogP contribution in [0.4, 0.5) is 22.0 Å². The first-order chi connectivity index (χ1) is 18.7. The molecular weight excluding hydrogens is 515 g/mol. The molecule has 202 valence electrons. The van der Waals surface area contributed by atoms with Gasteiger partial charge in [0, 0.05) is 6.54 Å². The van der Waals surface area contributed by atoms with Crippen molar-refractivity contribution in [3.63, 3.8) is 0 Å². The highest BCUT2D eigenvalue weighted by Crippen LogP contribution is 2.35. The average molecular weight is 539 g/mol. The SMILES string of the molecule is [2H]c1c(F)c(-c2ccc3nnn(CC(F)F)c3c2)c2c(OC)nc(=NC3CCN(C4COC4)CC3(F)F)[nH]n12. The number of H-pyrrole nitrogens is 1. The Morgan fingerprint density at radius 3 is 2.84 bits per heavy atom. The Balaban J connectivity index is 1.43. The Hall–Kier alpha value is -3.59. The zero-order chi connectivity index (χ0) is 27.5. The van der Waals surface area contributed by atoms with Crippen LogP contribution in [-0.2, 0) is 11.3 Å². The first kappa shape index (κ1) is 23.5.